The van der Waals surface area contributed by atoms with Crippen LogP contribution in [0.25, 0.3) is 0 Å². The molecule has 1 heterocycles. The van der Waals surface area contributed by atoms with Crippen molar-refractivity contribution < 1.29 is 5.11 Å². The molecule has 0 amide bonds. The number of nitrogens with one attached hydrogen (secondary N) is 1. The summed E-state index contributed by atoms with van der Waals surface area (Å²) in [5.74, 6) is -0.0766. The first-order valence-electron chi connectivity index (χ1n) is 5.47. The highest BCUT2D eigenvalue weighted by Gasteiger charge is 2.12. The fourth-order valence-corrected chi connectivity index (χ4v) is 1.83. The quantitative estimate of drug-likeness (QED) is 0.716. The molecule has 2 aromatic rings. The third-order valence-corrected chi connectivity index (χ3v) is 2.64. The van der Waals surface area contributed by atoms with Crippen molar-refractivity contribution in [3.63, 3.8) is 0 Å². The molecule has 5 heteroatoms. The number of rotatable bonds is 4. The Morgan fingerprint density at radius 2 is 2.00 bits per heavy atom. The van der Waals surface area contributed by atoms with E-state index in [1.165, 1.54) is 4.57 Å². The lowest BCUT2D eigenvalue weighted by Gasteiger charge is -2.06. The molecule has 0 atom stereocenters. The van der Waals surface area contributed by atoms with Crippen LogP contribution in [0.15, 0.2) is 35.1 Å². The van der Waals surface area contributed by atoms with Crippen LogP contribution in [-0.2, 0) is 13.0 Å². The number of hydrogen-bond donors (Lipinski definition) is 3. The molecular weight excluding hydrogens is 218 g/mol. The maximum Gasteiger partial charge on any atom is 0.328 e. The zero-order valence-electron chi connectivity index (χ0n) is 9.39. The van der Waals surface area contributed by atoms with Gasteiger partial charge >= 0.3 is 5.69 Å². The van der Waals surface area contributed by atoms with Crippen molar-refractivity contribution in [2.24, 2.45) is 5.73 Å². The smallest absolute Gasteiger partial charge is 0.328 e. The molecule has 4 N–H and O–H groups in total. The summed E-state index contributed by atoms with van der Waals surface area (Å²) >= 11 is 0. The van der Waals surface area contributed by atoms with Gasteiger partial charge in [0.2, 0.25) is 5.88 Å². The van der Waals surface area contributed by atoms with Crippen LogP contribution in [0.3, 0.4) is 0 Å². The second-order valence-corrected chi connectivity index (χ2v) is 3.83. The lowest BCUT2D eigenvalue weighted by Crippen LogP contribution is -2.23. The van der Waals surface area contributed by atoms with Crippen molar-refractivity contribution in [2.75, 3.05) is 6.54 Å². The third-order valence-electron chi connectivity index (χ3n) is 2.64. The Morgan fingerprint density at radius 3 is 2.65 bits per heavy atom. The summed E-state index contributed by atoms with van der Waals surface area (Å²) in [4.78, 5) is 13.9. The number of nitrogens with zero attached hydrogens (tertiary/aromatic N) is 1. The molecular formula is C12H15N3O2. The number of aromatic nitrogens is 2. The Balaban J connectivity index is 2.35. The van der Waals surface area contributed by atoms with Crippen molar-refractivity contribution in [1.82, 2.24) is 9.55 Å². The van der Waals surface area contributed by atoms with Gasteiger partial charge in [-0.15, -0.1) is 0 Å². The summed E-state index contributed by atoms with van der Waals surface area (Å²) < 4.78 is 1.47. The Hall–Kier alpha value is -2.01. The number of aromatic hydroxyl groups is 1. The highest BCUT2D eigenvalue weighted by molar-refractivity contribution is 5.27. The van der Waals surface area contributed by atoms with Gasteiger partial charge in [0.05, 0.1) is 5.69 Å². The molecule has 0 unspecified atom stereocenters. The summed E-state index contributed by atoms with van der Waals surface area (Å²) in [6.45, 7) is 0.761. The van der Waals surface area contributed by atoms with E-state index in [4.69, 9.17) is 5.73 Å². The van der Waals surface area contributed by atoms with Gasteiger partial charge in [-0.05, 0) is 5.56 Å². The minimum absolute atomic E-state index is 0.0766. The molecule has 90 valence electrons. The Labute approximate surface area is 98.5 Å². The minimum Gasteiger partial charge on any atom is -0.493 e. The second-order valence-electron chi connectivity index (χ2n) is 3.83. The number of benzene rings is 1. The van der Waals surface area contributed by atoms with E-state index in [1.807, 2.05) is 30.3 Å². The van der Waals surface area contributed by atoms with Gasteiger partial charge in [0.1, 0.15) is 0 Å². The van der Waals surface area contributed by atoms with E-state index in [1.54, 1.807) is 0 Å². The first-order valence-corrected chi connectivity index (χ1v) is 5.47. The molecule has 0 aliphatic rings. The molecule has 1 aromatic heterocycles. The minimum atomic E-state index is -0.320. The number of imidazole rings is 1. The molecule has 5 nitrogen and oxygen atoms in total. The maximum atomic E-state index is 11.5. The summed E-state index contributed by atoms with van der Waals surface area (Å²) in [5, 5.41) is 9.68. The normalized spacial score (nSPS) is 10.6. The zero-order valence-corrected chi connectivity index (χ0v) is 9.39. The molecule has 17 heavy (non-hydrogen) atoms. The topological polar surface area (TPSA) is 84.0 Å². The zero-order chi connectivity index (χ0) is 12.3. The maximum absolute atomic E-state index is 11.5. The van der Waals surface area contributed by atoms with Crippen LogP contribution in [0.4, 0.5) is 0 Å². The van der Waals surface area contributed by atoms with Crippen LogP contribution in [0.1, 0.15) is 11.3 Å². The molecule has 1 aromatic carbocycles. The number of hydrogen-bond acceptors (Lipinski definition) is 3. The van der Waals surface area contributed by atoms with E-state index < -0.39 is 0 Å². The van der Waals surface area contributed by atoms with E-state index in [2.05, 4.69) is 4.98 Å². The van der Waals surface area contributed by atoms with E-state index in [0.717, 1.165) is 5.56 Å². The summed E-state index contributed by atoms with van der Waals surface area (Å²) in [6.07, 6.45) is 0.505. The molecule has 0 bridgehead atoms. The Kier molecular flexibility index (Phi) is 3.30. The molecule has 0 spiro atoms. The van der Waals surface area contributed by atoms with E-state index in [0.29, 0.717) is 25.2 Å². The summed E-state index contributed by atoms with van der Waals surface area (Å²) in [6, 6.07) is 9.66. The standard InChI is InChI=1S/C12H15N3O2/c13-6-7-15-10(11(16)14-12(15)17)8-9-4-2-1-3-5-9/h1-5,16H,6-8,13H2,(H,14,17). The predicted octanol–water partition coefficient (Wildman–Crippen LogP) is 0.431. The number of nitrogens with two attached hydrogens (primary N) is 1. The third kappa shape index (κ3) is 2.39. The highest BCUT2D eigenvalue weighted by Crippen LogP contribution is 2.16. The Morgan fingerprint density at radius 1 is 1.29 bits per heavy atom. The van der Waals surface area contributed by atoms with Gasteiger partial charge in [0.25, 0.3) is 0 Å². The van der Waals surface area contributed by atoms with E-state index in [-0.39, 0.29) is 11.6 Å². The predicted molar refractivity (Wildman–Crippen MR) is 65.0 cm³/mol. The average Bonchev–Trinajstić information content (AvgIpc) is 2.58. The van der Waals surface area contributed by atoms with Crippen molar-refractivity contribution in [3.8, 4) is 5.88 Å². The SMILES string of the molecule is NCCn1c(Cc2ccccc2)c(O)[nH]c1=O. The van der Waals surface area contributed by atoms with Crippen LogP contribution in [-0.4, -0.2) is 21.2 Å². The van der Waals surface area contributed by atoms with E-state index in [9.17, 15) is 9.90 Å². The average molecular weight is 233 g/mol. The molecule has 0 fully saturated rings. The lowest BCUT2D eigenvalue weighted by atomic mass is 10.1. The molecule has 0 saturated heterocycles. The molecule has 0 radical (unpaired) electrons. The summed E-state index contributed by atoms with van der Waals surface area (Å²) in [7, 11) is 0. The van der Waals surface area contributed by atoms with Crippen LogP contribution in [0.2, 0.25) is 0 Å². The van der Waals surface area contributed by atoms with Crippen LogP contribution >= 0.6 is 0 Å². The van der Waals surface area contributed by atoms with E-state index >= 15 is 0 Å². The molecule has 2 rings (SSSR count). The fourth-order valence-electron chi connectivity index (χ4n) is 1.83. The van der Waals surface area contributed by atoms with Gasteiger partial charge in [-0.25, -0.2) is 4.79 Å². The summed E-state index contributed by atoms with van der Waals surface area (Å²) in [5.41, 5.74) is 6.74. The molecule has 0 aliphatic heterocycles. The van der Waals surface area contributed by atoms with Crippen LogP contribution in [0, 0.1) is 0 Å². The van der Waals surface area contributed by atoms with Gasteiger partial charge in [0.15, 0.2) is 0 Å². The van der Waals surface area contributed by atoms with Gasteiger partial charge < -0.3 is 10.8 Å². The van der Waals surface area contributed by atoms with Gasteiger partial charge in [0, 0.05) is 19.5 Å². The Bertz CT molecular complexity index is 543. The number of aromatic amines is 1. The molecule has 0 saturated carbocycles. The largest absolute Gasteiger partial charge is 0.493 e. The highest BCUT2D eigenvalue weighted by atomic mass is 16.3. The van der Waals surface area contributed by atoms with Crippen molar-refractivity contribution in [1.29, 1.82) is 0 Å². The molecule has 0 aliphatic carbocycles. The first-order chi connectivity index (χ1) is 8.22. The van der Waals surface area contributed by atoms with Crippen molar-refractivity contribution in [2.45, 2.75) is 13.0 Å². The van der Waals surface area contributed by atoms with Gasteiger partial charge in [-0.2, -0.15) is 0 Å². The fraction of sp³-hybridized carbons (Fsp3) is 0.250. The first kappa shape index (κ1) is 11.5. The van der Waals surface area contributed by atoms with Gasteiger partial charge in [-0.3, -0.25) is 9.55 Å². The second kappa shape index (κ2) is 4.88. The van der Waals surface area contributed by atoms with Gasteiger partial charge in [-0.1, -0.05) is 30.3 Å². The van der Waals surface area contributed by atoms with Crippen molar-refractivity contribution >= 4 is 0 Å². The monoisotopic (exact) mass is 233 g/mol. The van der Waals surface area contributed by atoms with Crippen molar-refractivity contribution in [3.05, 3.63) is 52.1 Å². The van der Waals surface area contributed by atoms with Crippen LogP contribution < -0.4 is 11.4 Å². The van der Waals surface area contributed by atoms with Crippen LogP contribution in [0.5, 0.6) is 5.88 Å². The lowest BCUT2D eigenvalue weighted by molar-refractivity contribution is 0.448. The number of H-pyrrole nitrogens is 1.